The average Bonchev–Trinajstić information content (AvgIpc) is 3.37. The predicted octanol–water partition coefficient (Wildman–Crippen LogP) is 6.12. The Hall–Kier alpha value is -4.77. The third-order valence-electron chi connectivity index (χ3n) is 6.46. The summed E-state index contributed by atoms with van der Waals surface area (Å²) >= 11 is 0. The molecule has 2 aromatic carbocycles. The SMILES string of the molecule is CCc1cnc(CC(=O)O)nc1-c1ccc(C(F)(F)F)cc1CN(Cc1cc(C(F)(F)F)cc(C(F)(F)F)c1)c1nnn(C)n1. The largest absolute Gasteiger partial charge is 0.481 e. The first kappa shape index (κ1) is 33.1. The Morgan fingerprint density at radius 2 is 1.49 bits per heavy atom. The van der Waals surface area contributed by atoms with Gasteiger partial charge in [0.05, 0.1) is 29.4 Å². The van der Waals surface area contributed by atoms with Crippen molar-refractivity contribution in [3.63, 3.8) is 0 Å². The van der Waals surface area contributed by atoms with Gasteiger partial charge in [-0.05, 0) is 58.7 Å². The molecule has 0 spiro atoms. The highest BCUT2D eigenvalue weighted by molar-refractivity contribution is 5.71. The number of aryl methyl sites for hydroxylation is 2. The molecule has 0 aliphatic heterocycles. The lowest BCUT2D eigenvalue weighted by Crippen LogP contribution is -2.25. The number of rotatable bonds is 9. The zero-order valence-electron chi connectivity index (χ0n) is 23.3. The number of hydrogen-bond acceptors (Lipinski definition) is 7. The molecule has 0 bridgehead atoms. The van der Waals surface area contributed by atoms with Crippen LogP contribution in [0.15, 0.2) is 42.6 Å². The van der Waals surface area contributed by atoms with Crippen LogP contribution in [0.1, 0.15) is 46.1 Å². The number of carboxylic acid groups (broad SMARTS) is 1. The molecule has 4 aromatic rings. The molecule has 0 atom stereocenters. The van der Waals surface area contributed by atoms with Gasteiger partial charge in [0.15, 0.2) is 0 Å². The number of carbonyl (C=O) groups is 1. The predicted molar refractivity (Wildman–Crippen MR) is 138 cm³/mol. The molecular formula is C27H22F9N7O2. The van der Waals surface area contributed by atoms with E-state index in [1.54, 1.807) is 6.92 Å². The Labute approximate surface area is 248 Å². The van der Waals surface area contributed by atoms with Crippen LogP contribution in [0.2, 0.25) is 0 Å². The van der Waals surface area contributed by atoms with Crippen LogP contribution in [0, 0.1) is 0 Å². The van der Waals surface area contributed by atoms with Crippen LogP contribution in [0.3, 0.4) is 0 Å². The molecule has 0 amide bonds. The number of tetrazole rings is 1. The minimum atomic E-state index is -5.14. The first-order valence-corrected chi connectivity index (χ1v) is 12.9. The molecule has 0 fully saturated rings. The van der Waals surface area contributed by atoms with Gasteiger partial charge in [-0.2, -0.15) is 44.3 Å². The smallest absolute Gasteiger partial charge is 0.416 e. The van der Waals surface area contributed by atoms with Crippen molar-refractivity contribution in [1.82, 2.24) is 30.2 Å². The molecular weight excluding hydrogens is 625 g/mol. The molecule has 0 saturated heterocycles. The second kappa shape index (κ2) is 12.3. The van der Waals surface area contributed by atoms with E-state index in [0.717, 1.165) is 27.9 Å². The van der Waals surface area contributed by atoms with E-state index in [1.807, 2.05) is 0 Å². The van der Waals surface area contributed by atoms with E-state index < -0.39 is 66.3 Å². The van der Waals surface area contributed by atoms with Gasteiger partial charge >= 0.3 is 24.5 Å². The van der Waals surface area contributed by atoms with Crippen molar-refractivity contribution in [2.24, 2.45) is 7.05 Å². The Bertz CT molecular complexity index is 1670. The van der Waals surface area contributed by atoms with Gasteiger partial charge in [0.25, 0.3) is 5.95 Å². The maximum atomic E-state index is 13.8. The van der Waals surface area contributed by atoms with Crippen molar-refractivity contribution in [3.8, 4) is 11.3 Å². The molecule has 240 valence electrons. The summed E-state index contributed by atoms with van der Waals surface area (Å²) in [5, 5.41) is 20.6. The minimum absolute atomic E-state index is 0.0462. The third kappa shape index (κ3) is 8.04. The van der Waals surface area contributed by atoms with Crippen molar-refractivity contribution in [3.05, 3.63) is 81.8 Å². The van der Waals surface area contributed by atoms with E-state index in [2.05, 4.69) is 25.4 Å². The summed E-state index contributed by atoms with van der Waals surface area (Å²) in [4.78, 5) is 21.5. The van der Waals surface area contributed by atoms with Gasteiger partial charge in [-0.3, -0.25) is 4.79 Å². The fraction of sp³-hybridized carbons (Fsp3) is 0.333. The zero-order valence-corrected chi connectivity index (χ0v) is 23.3. The number of aromatic nitrogens is 6. The highest BCUT2D eigenvalue weighted by atomic mass is 19.4. The molecule has 0 unspecified atom stereocenters. The van der Waals surface area contributed by atoms with Crippen LogP contribution in [-0.2, 0) is 56.3 Å². The van der Waals surface area contributed by atoms with Gasteiger partial charge in [-0.25, -0.2) is 9.97 Å². The zero-order chi connectivity index (χ0) is 33.3. The summed E-state index contributed by atoms with van der Waals surface area (Å²) in [6.45, 7) is 0.428. The van der Waals surface area contributed by atoms with Crippen molar-refractivity contribution < 1.29 is 49.4 Å². The van der Waals surface area contributed by atoms with E-state index >= 15 is 0 Å². The lowest BCUT2D eigenvalue weighted by molar-refractivity contribution is -0.143. The van der Waals surface area contributed by atoms with Crippen molar-refractivity contribution in [2.45, 2.75) is 51.4 Å². The Kier molecular flexibility index (Phi) is 9.07. The van der Waals surface area contributed by atoms with Crippen LogP contribution in [0.25, 0.3) is 11.3 Å². The van der Waals surface area contributed by atoms with Crippen molar-refractivity contribution >= 4 is 11.9 Å². The number of nitrogens with zero attached hydrogens (tertiary/aromatic N) is 7. The molecule has 0 aliphatic carbocycles. The number of carboxylic acids is 1. The van der Waals surface area contributed by atoms with E-state index in [-0.39, 0.29) is 41.1 Å². The average molecular weight is 648 g/mol. The maximum absolute atomic E-state index is 13.8. The molecule has 0 saturated carbocycles. The molecule has 2 aromatic heterocycles. The quantitative estimate of drug-likeness (QED) is 0.217. The van der Waals surface area contributed by atoms with E-state index in [0.29, 0.717) is 17.7 Å². The Morgan fingerprint density at radius 1 is 0.867 bits per heavy atom. The lowest BCUT2D eigenvalue weighted by Gasteiger charge is -2.24. The first-order chi connectivity index (χ1) is 20.8. The monoisotopic (exact) mass is 647 g/mol. The molecule has 2 heterocycles. The normalized spacial score (nSPS) is 12.4. The summed E-state index contributed by atoms with van der Waals surface area (Å²) < 4.78 is 123. The maximum Gasteiger partial charge on any atom is 0.416 e. The van der Waals surface area contributed by atoms with Gasteiger partial charge in [0.1, 0.15) is 12.2 Å². The number of anilines is 1. The van der Waals surface area contributed by atoms with Crippen LogP contribution < -0.4 is 4.90 Å². The number of benzene rings is 2. The number of hydrogen-bond donors (Lipinski definition) is 1. The standard InChI is InChI=1S/C27H22F9N7O2/c1-3-15-11-37-21(10-22(44)45)38-23(15)20-5-4-17(25(28,29)30)8-16(20)13-43(24-39-41-42(2)40-24)12-14-6-18(26(31,32)33)9-19(7-14)27(34,35)36/h4-9,11H,3,10,12-13H2,1-2H3,(H,44,45). The Balaban J connectivity index is 1.90. The minimum Gasteiger partial charge on any atom is -0.481 e. The van der Waals surface area contributed by atoms with Crippen molar-refractivity contribution in [1.29, 1.82) is 0 Å². The van der Waals surface area contributed by atoms with Crippen LogP contribution in [0.4, 0.5) is 45.5 Å². The number of halogens is 9. The second-order valence-electron chi connectivity index (χ2n) is 9.80. The second-order valence-corrected chi connectivity index (χ2v) is 9.80. The van der Waals surface area contributed by atoms with Crippen LogP contribution in [0.5, 0.6) is 0 Å². The number of alkyl halides is 9. The topological polar surface area (TPSA) is 110 Å². The van der Waals surface area contributed by atoms with Gasteiger partial charge in [0, 0.05) is 24.8 Å². The lowest BCUT2D eigenvalue weighted by atomic mass is 9.96. The van der Waals surface area contributed by atoms with E-state index in [9.17, 15) is 49.4 Å². The molecule has 0 aliphatic rings. The third-order valence-corrected chi connectivity index (χ3v) is 6.46. The highest BCUT2D eigenvalue weighted by Crippen LogP contribution is 2.38. The van der Waals surface area contributed by atoms with Gasteiger partial charge in [-0.15, -0.1) is 5.10 Å². The summed E-state index contributed by atoms with van der Waals surface area (Å²) in [6, 6.07) is 3.55. The van der Waals surface area contributed by atoms with E-state index in [1.165, 1.54) is 13.2 Å². The fourth-order valence-electron chi connectivity index (χ4n) is 4.42. The fourth-order valence-corrected chi connectivity index (χ4v) is 4.42. The van der Waals surface area contributed by atoms with Crippen LogP contribution >= 0.6 is 0 Å². The number of aliphatic carboxylic acids is 1. The molecule has 18 heteroatoms. The summed E-state index contributed by atoms with van der Waals surface area (Å²) in [5.74, 6) is -1.72. The van der Waals surface area contributed by atoms with Gasteiger partial charge < -0.3 is 10.0 Å². The summed E-state index contributed by atoms with van der Waals surface area (Å²) in [6.07, 6.45) is -14.1. The molecule has 45 heavy (non-hydrogen) atoms. The van der Waals surface area contributed by atoms with Crippen LogP contribution in [-0.4, -0.2) is 41.3 Å². The first-order valence-electron chi connectivity index (χ1n) is 12.9. The Morgan fingerprint density at radius 3 is 2.00 bits per heavy atom. The van der Waals surface area contributed by atoms with Crippen molar-refractivity contribution in [2.75, 3.05) is 4.90 Å². The van der Waals surface area contributed by atoms with Gasteiger partial charge in [-0.1, -0.05) is 18.1 Å². The summed E-state index contributed by atoms with van der Waals surface area (Å²) in [5.41, 5.74) is -4.27. The molecule has 9 nitrogen and oxygen atoms in total. The van der Waals surface area contributed by atoms with E-state index in [4.69, 9.17) is 0 Å². The molecule has 0 radical (unpaired) electrons. The molecule has 1 N–H and O–H groups in total. The summed E-state index contributed by atoms with van der Waals surface area (Å²) in [7, 11) is 1.33. The molecule has 4 rings (SSSR count). The highest BCUT2D eigenvalue weighted by Gasteiger charge is 2.37. The van der Waals surface area contributed by atoms with Gasteiger partial charge in [0.2, 0.25) is 0 Å².